The third-order valence-corrected chi connectivity index (χ3v) is 3.09. The van der Waals surface area contributed by atoms with Crippen LogP contribution in [0.5, 0.6) is 0 Å². The van der Waals surface area contributed by atoms with Gasteiger partial charge in [-0.3, -0.25) is 0 Å². The molecule has 1 aromatic rings. The van der Waals surface area contributed by atoms with Gasteiger partial charge in [-0.15, -0.1) is 0 Å². The van der Waals surface area contributed by atoms with Crippen LogP contribution in [0.3, 0.4) is 0 Å². The van der Waals surface area contributed by atoms with Gasteiger partial charge in [0.15, 0.2) is 0 Å². The third-order valence-electron chi connectivity index (χ3n) is 3.09. The second kappa shape index (κ2) is 5.69. The van der Waals surface area contributed by atoms with Crippen LogP contribution in [0, 0.1) is 0 Å². The standard InChI is InChI=1S/C14H18O2/c15-14(12-8-4-3-5-9-12)16-13-10-6-1-2-7-11-13/h3-5,8-9,13H,1-2,6-7,10-11H2. The zero-order valence-electron chi connectivity index (χ0n) is 9.52. The zero-order valence-corrected chi connectivity index (χ0v) is 9.52. The molecular formula is C14H18O2. The Balaban J connectivity index is 1.91. The molecule has 2 heteroatoms. The molecule has 0 aromatic heterocycles. The summed E-state index contributed by atoms with van der Waals surface area (Å²) in [5, 5.41) is 0. The Morgan fingerprint density at radius 1 is 1.00 bits per heavy atom. The fourth-order valence-corrected chi connectivity index (χ4v) is 2.15. The number of carbonyl (C=O) groups is 1. The summed E-state index contributed by atoms with van der Waals surface area (Å²) in [5.74, 6) is -0.174. The predicted molar refractivity (Wildman–Crippen MR) is 63.3 cm³/mol. The van der Waals surface area contributed by atoms with Gasteiger partial charge in [-0.25, -0.2) is 4.79 Å². The van der Waals surface area contributed by atoms with Gasteiger partial charge in [0.25, 0.3) is 0 Å². The Hall–Kier alpha value is -1.31. The molecule has 1 aliphatic carbocycles. The Kier molecular flexibility index (Phi) is 3.97. The lowest BCUT2D eigenvalue weighted by atomic mass is 10.1. The molecule has 0 aliphatic heterocycles. The van der Waals surface area contributed by atoms with E-state index in [0.717, 1.165) is 12.8 Å². The first-order valence-electron chi connectivity index (χ1n) is 6.12. The van der Waals surface area contributed by atoms with Crippen LogP contribution in [0.15, 0.2) is 30.3 Å². The summed E-state index contributed by atoms with van der Waals surface area (Å²) in [5.41, 5.74) is 0.659. The van der Waals surface area contributed by atoms with Gasteiger partial charge < -0.3 is 4.74 Å². The van der Waals surface area contributed by atoms with Crippen molar-refractivity contribution >= 4 is 5.97 Å². The van der Waals surface area contributed by atoms with E-state index in [4.69, 9.17) is 4.74 Å². The Morgan fingerprint density at radius 2 is 1.62 bits per heavy atom. The quantitative estimate of drug-likeness (QED) is 0.560. The van der Waals surface area contributed by atoms with Crippen molar-refractivity contribution in [1.82, 2.24) is 0 Å². The van der Waals surface area contributed by atoms with Crippen molar-refractivity contribution in [1.29, 1.82) is 0 Å². The highest BCUT2D eigenvalue weighted by Crippen LogP contribution is 2.20. The second-order valence-electron chi connectivity index (χ2n) is 4.38. The number of hydrogen-bond donors (Lipinski definition) is 0. The van der Waals surface area contributed by atoms with Crippen LogP contribution in [0.4, 0.5) is 0 Å². The Bertz CT molecular complexity index is 324. The van der Waals surface area contributed by atoms with Crippen molar-refractivity contribution < 1.29 is 9.53 Å². The van der Waals surface area contributed by atoms with Gasteiger partial charge in [0, 0.05) is 0 Å². The average molecular weight is 218 g/mol. The number of hydrogen-bond acceptors (Lipinski definition) is 2. The van der Waals surface area contributed by atoms with Gasteiger partial charge in [0.1, 0.15) is 6.10 Å². The minimum absolute atomic E-state index is 0.134. The van der Waals surface area contributed by atoms with E-state index in [-0.39, 0.29) is 12.1 Å². The van der Waals surface area contributed by atoms with E-state index in [0.29, 0.717) is 5.56 Å². The number of rotatable bonds is 2. The lowest BCUT2D eigenvalue weighted by molar-refractivity contribution is 0.0267. The van der Waals surface area contributed by atoms with E-state index in [1.807, 2.05) is 18.2 Å². The second-order valence-corrected chi connectivity index (χ2v) is 4.38. The molecule has 0 atom stereocenters. The number of ether oxygens (including phenoxy) is 1. The topological polar surface area (TPSA) is 26.3 Å². The highest BCUT2D eigenvalue weighted by molar-refractivity contribution is 5.89. The molecule has 1 saturated carbocycles. The minimum Gasteiger partial charge on any atom is -0.459 e. The molecule has 0 heterocycles. The van der Waals surface area contributed by atoms with Crippen LogP contribution < -0.4 is 0 Å². The van der Waals surface area contributed by atoms with Crippen molar-refractivity contribution in [3.63, 3.8) is 0 Å². The summed E-state index contributed by atoms with van der Waals surface area (Å²) in [4.78, 5) is 11.8. The van der Waals surface area contributed by atoms with Crippen molar-refractivity contribution in [2.45, 2.75) is 44.6 Å². The van der Waals surface area contributed by atoms with Crippen LogP contribution in [0.2, 0.25) is 0 Å². The first-order valence-corrected chi connectivity index (χ1v) is 6.12. The molecule has 1 aromatic carbocycles. The van der Waals surface area contributed by atoms with Gasteiger partial charge >= 0.3 is 5.97 Å². The van der Waals surface area contributed by atoms with Gasteiger partial charge in [0.05, 0.1) is 5.56 Å². The third kappa shape index (κ3) is 3.09. The maximum Gasteiger partial charge on any atom is 0.338 e. The molecule has 0 bridgehead atoms. The molecule has 16 heavy (non-hydrogen) atoms. The van der Waals surface area contributed by atoms with Gasteiger partial charge in [0.2, 0.25) is 0 Å². The van der Waals surface area contributed by atoms with Gasteiger partial charge in [-0.1, -0.05) is 31.0 Å². The van der Waals surface area contributed by atoms with Crippen LogP contribution in [0.1, 0.15) is 48.9 Å². The summed E-state index contributed by atoms with van der Waals surface area (Å²) in [6.45, 7) is 0. The van der Waals surface area contributed by atoms with E-state index in [1.165, 1.54) is 25.7 Å². The fourth-order valence-electron chi connectivity index (χ4n) is 2.15. The Morgan fingerprint density at radius 3 is 2.25 bits per heavy atom. The van der Waals surface area contributed by atoms with E-state index in [2.05, 4.69) is 0 Å². The van der Waals surface area contributed by atoms with E-state index in [9.17, 15) is 4.79 Å². The van der Waals surface area contributed by atoms with Crippen molar-refractivity contribution in [2.75, 3.05) is 0 Å². The van der Waals surface area contributed by atoms with Gasteiger partial charge in [-0.2, -0.15) is 0 Å². The van der Waals surface area contributed by atoms with Crippen LogP contribution in [-0.2, 0) is 4.74 Å². The summed E-state index contributed by atoms with van der Waals surface area (Å²) in [6.07, 6.45) is 7.12. The molecule has 0 saturated heterocycles. The molecule has 0 amide bonds. The molecule has 2 nitrogen and oxygen atoms in total. The monoisotopic (exact) mass is 218 g/mol. The molecule has 1 aliphatic rings. The first kappa shape index (κ1) is 11.2. The molecular weight excluding hydrogens is 200 g/mol. The molecule has 86 valence electrons. The number of esters is 1. The van der Waals surface area contributed by atoms with Crippen molar-refractivity contribution in [2.24, 2.45) is 0 Å². The Labute approximate surface area is 96.6 Å². The molecule has 0 N–H and O–H groups in total. The van der Waals surface area contributed by atoms with Crippen molar-refractivity contribution in [3.8, 4) is 0 Å². The molecule has 1 fully saturated rings. The summed E-state index contributed by atoms with van der Waals surface area (Å²) in [6, 6.07) is 9.24. The lowest BCUT2D eigenvalue weighted by Gasteiger charge is -2.15. The summed E-state index contributed by atoms with van der Waals surface area (Å²) >= 11 is 0. The normalized spacial score (nSPS) is 17.8. The summed E-state index contributed by atoms with van der Waals surface area (Å²) < 4.78 is 5.52. The largest absolute Gasteiger partial charge is 0.459 e. The maximum absolute atomic E-state index is 11.8. The molecule has 0 spiro atoms. The molecule has 0 radical (unpaired) electrons. The molecule has 2 rings (SSSR count). The van der Waals surface area contributed by atoms with Crippen LogP contribution in [-0.4, -0.2) is 12.1 Å². The van der Waals surface area contributed by atoms with E-state index >= 15 is 0 Å². The smallest absolute Gasteiger partial charge is 0.338 e. The average Bonchev–Trinajstić information content (AvgIpc) is 2.59. The number of benzene rings is 1. The maximum atomic E-state index is 11.8. The highest BCUT2D eigenvalue weighted by atomic mass is 16.5. The van der Waals surface area contributed by atoms with Crippen LogP contribution in [0.25, 0.3) is 0 Å². The van der Waals surface area contributed by atoms with Gasteiger partial charge in [-0.05, 0) is 37.8 Å². The first-order chi connectivity index (χ1) is 7.86. The highest BCUT2D eigenvalue weighted by Gasteiger charge is 2.17. The van der Waals surface area contributed by atoms with E-state index < -0.39 is 0 Å². The molecule has 0 unspecified atom stereocenters. The predicted octanol–water partition coefficient (Wildman–Crippen LogP) is 3.57. The minimum atomic E-state index is -0.174. The number of carbonyl (C=O) groups excluding carboxylic acids is 1. The van der Waals surface area contributed by atoms with Crippen molar-refractivity contribution in [3.05, 3.63) is 35.9 Å². The SMILES string of the molecule is O=C(OC1CCCCCC1)c1ccccc1. The summed E-state index contributed by atoms with van der Waals surface area (Å²) in [7, 11) is 0. The fraction of sp³-hybridized carbons (Fsp3) is 0.500. The lowest BCUT2D eigenvalue weighted by Crippen LogP contribution is -2.17. The van der Waals surface area contributed by atoms with E-state index in [1.54, 1.807) is 12.1 Å². The van der Waals surface area contributed by atoms with Crippen LogP contribution >= 0.6 is 0 Å². The zero-order chi connectivity index (χ0) is 11.2.